The van der Waals surface area contributed by atoms with Gasteiger partial charge < -0.3 is 4.90 Å². The van der Waals surface area contributed by atoms with E-state index in [0.29, 0.717) is 6.04 Å². The van der Waals surface area contributed by atoms with E-state index in [1.165, 1.54) is 11.3 Å². The number of hydrogen-bond acceptors (Lipinski definition) is 2. The summed E-state index contributed by atoms with van der Waals surface area (Å²) in [6, 6.07) is 4.83. The van der Waals surface area contributed by atoms with Crippen LogP contribution in [0.5, 0.6) is 0 Å². The minimum atomic E-state index is 0. The topological polar surface area (TPSA) is 16.1 Å². The van der Waals surface area contributed by atoms with Crippen molar-refractivity contribution < 1.29 is 58.8 Å². The Labute approximate surface area is 157 Å². The molecule has 1 atom stereocenters. The van der Waals surface area contributed by atoms with Gasteiger partial charge in [-0.2, -0.15) is 0 Å². The average Bonchev–Trinajstić information content (AvgIpc) is 2.26. The van der Waals surface area contributed by atoms with Crippen LogP contribution in [0, 0.1) is 44.8 Å². The van der Waals surface area contributed by atoms with Crippen molar-refractivity contribution in [2.75, 3.05) is 7.05 Å². The predicted molar refractivity (Wildman–Crippen MR) is 71.2 cm³/mol. The molecule has 2 nitrogen and oxygen atoms in total. The van der Waals surface area contributed by atoms with Gasteiger partial charge in [0.05, 0.1) is 0 Å². The van der Waals surface area contributed by atoms with Crippen molar-refractivity contribution in [3.8, 4) is 0 Å². The van der Waals surface area contributed by atoms with Gasteiger partial charge in [-0.3, -0.25) is 12.0 Å². The fraction of sp³-hybridized carbons (Fsp3) is 0.571. The summed E-state index contributed by atoms with van der Waals surface area (Å²) in [5.74, 6) is 0. The summed E-state index contributed by atoms with van der Waals surface area (Å²) in [5.41, 5.74) is 2.49. The molecule has 0 aliphatic rings. The molecular formula is C14H25ArN2W-. The summed E-state index contributed by atoms with van der Waals surface area (Å²) in [5, 5.41) is 0. The van der Waals surface area contributed by atoms with Crippen LogP contribution in [0.15, 0.2) is 18.3 Å². The summed E-state index contributed by atoms with van der Waals surface area (Å²) in [4.78, 5) is 6.40. The molecule has 0 radical (unpaired) electrons. The van der Waals surface area contributed by atoms with Crippen LogP contribution in [0.2, 0.25) is 0 Å². The molecule has 18 heavy (non-hydrogen) atoms. The summed E-state index contributed by atoms with van der Waals surface area (Å²) in [6.07, 6.45) is 5.22. The summed E-state index contributed by atoms with van der Waals surface area (Å²) < 4.78 is 0. The number of nitrogens with zero attached hydrogens (tertiary/aromatic N) is 2. The van der Waals surface area contributed by atoms with Gasteiger partial charge in [0.2, 0.25) is 0 Å². The van der Waals surface area contributed by atoms with Crippen LogP contribution in [0.1, 0.15) is 39.0 Å². The zero-order valence-electron chi connectivity index (χ0n) is 10.8. The van der Waals surface area contributed by atoms with Gasteiger partial charge in [0.1, 0.15) is 0 Å². The second-order valence-electron chi connectivity index (χ2n) is 4.16. The van der Waals surface area contributed by atoms with E-state index in [4.69, 9.17) is 0 Å². The summed E-state index contributed by atoms with van der Waals surface area (Å²) >= 11 is 0. The van der Waals surface area contributed by atoms with E-state index in [-0.39, 0.29) is 66.2 Å². The van der Waals surface area contributed by atoms with Gasteiger partial charge in [-0.05, 0) is 44.0 Å². The van der Waals surface area contributed by atoms with Crippen LogP contribution in [0.25, 0.3) is 0 Å². The van der Waals surface area contributed by atoms with Crippen LogP contribution in [-0.2, 0) is 33.9 Å². The van der Waals surface area contributed by atoms with Gasteiger partial charge in [-0.1, -0.05) is 27.3 Å². The standard InChI is InChI=1S/C13H21N2.CH4.Ar.W/c1-5-13-9-8-12(10-14-13)7-6-11(2)15(3)4;;;/h8-11H,3,5-7H2,1-2,4H3;1H4;;/q-1;;;. The molecule has 0 saturated carbocycles. The van der Waals surface area contributed by atoms with E-state index in [1.54, 1.807) is 0 Å². The van der Waals surface area contributed by atoms with E-state index in [1.807, 2.05) is 18.1 Å². The van der Waals surface area contributed by atoms with Crippen molar-refractivity contribution in [3.63, 3.8) is 0 Å². The number of pyridine rings is 1. The number of aryl methyl sites for hydroxylation is 2. The van der Waals surface area contributed by atoms with Gasteiger partial charge >= 0.3 is 0 Å². The normalized spacial score (nSPS) is 10.9. The smallest absolute Gasteiger partial charge is 0.0401 e. The molecule has 0 aromatic carbocycles. The zero-order valence-corrected chi connectivity index (χ0v) is 14.4. The molecule has 0 spiro atoms. The number of rotatable bonds is 5. The fourth-order valence-electron chi connectivity index (χ4n) is 1.41. The molecule has 0 fully saturated rings. The monoisotopic (exact) mass is 445 g/mol. The molecule has 0 aliphatic heterocycles. The van der Waals surface area contributed by atoms with Crippen molar-refractivity contribution in [3.05, 3.63) is 36.6 Å². The Morgan fingerprint density at radius 1 is 1.39 bits per heavy atom. The summed E-state index contributed by atoms with van der Waals surface area (Å²) in [7, 11) is 5.91. The van der Waals surface area contributed by atoms with Crippen molar-refractivity contribution in [1.82, 2.24) is 9.88 Å². The van der Waals surface area contributed by atoms with Crippen molar-refractivity contribution in [2.24, 2.45) is 0 Å². The molecule has 1 unspecified atom stereocenters. The van der Waals surface area contributed by atoms with Crippen molar-refractivity contribution in [2.45, 2.75) is 46.6 Å². The second kappa shape index (κ2) is 13.1. The third-order valence-electron chi connectivity index (χ3n) is 2.85. The maximum Gasteiger partial charge on any atom is 0.0401 e. The van der Waals surface area contributed by atoms with Crippen LogP contribution in [-0.4, -0.2) is 23.0 Å². The molecule has 0 bridgehead atoms. The molecule has 0 aliphatic carbocycles. The minimum Gasteiger partial charge on any atom is -0.459 e. The Bertz CT molecular complexity index is 288. The van der Waals surface area contributed by atoms with E-state index in [0.717, 1.165) is 19.3 Å². The first kappa shape index (κ1) is 24.1. The van der Waals surface area contributed by atoms with Crippen molar-refractivity contribution >= 4 is 0 Å². The molecule has 4 heteroatoms. The maximum atomic E-state index is 4.39. The fourth-order valence-corrected chi connectivity index (χ4v) is 1.41. The minimum absolute atomic E-state index is 0. The van der Waals surface area contributed by atoms with E-state index in [9.17, 15) is 0 Å². The maximum absolute atomic E-state index is 4.39. The summed E-state index contributed by atoms with van der Waals surface area (Å²) in [6.45, 7) is 4.32. The Kier molecular flexibility index (Phi) is 17.5. The van der Waals surface area contributed by atoms with Gasteiger partial charge in [0.25, 0.3) is 0 Å². The molecule has 0 N–H and O–H groups in total. The third kappa shape index (κ3) is 9.04. The van der Waals surface area contributed by atoms with Crippen LogP contribution in [0.3, 0.4) is 0 Å². The molecule has 1 aromatic heterocycles. The Morgan fingerprint density at radius 2 is 2.00 bits per heavy atom. The van der Waals surface area contributed by atoms with Crippen molar-refractivity contribution in [1.29, 1.82) is 0 Å². The SMILES string of the molecule is C.[Ar].[CH2-]N(C)C(C)CCc1ccc(CC)nc1.[W]. The van der Waals surface area contributed by atoms with Gasteiger partial charge in [-0.15, -0.1) is 0 Å². The van der Waals surface area contributed by atoms with Crippen LogP contribution < -0.4 is 0 Å². The van der Waals surface area contributed by atoms with E-state index >= 15 is 0 Å². The quantitative estimate of drug-likeness (QED) is 0.647. The zero-order chi connectivity index (χ0) is 11.3. The third-order valence-corrected chi connectivity index (χ3v) is 2.85. The molecule has 1 aromatic rings. The largest absolute Gasteiger partial charge is 0.459 e. The van der Waals surface area contributed by atoms with Gasteiger partial charge in [0, 0.05) is 70.7 Å². The Hall–Kier alpha value is 1.06. The second-order valence-corrected chi connectivity index (χ2v) is 4.16. The first-order chi connectivity index (χ1) is 7.13. The molecule has 0 saturated heterocycles. The molecule has 1 rings (SSSR count). The molecular weight excluding hydrogens is 420 g/mol. The number of aromatic nitrogens is 1. The molecule has 0 amide bonds. The van der Waals surface area contributed by atoms with E-state index in [2.05, 4.69) is 38.0 Å². The van der Waals surface area contributed by atoms with Gasteiger partial charge in [0.15, 0.2) is 0 Å². The predicted octanol–water partition coefficient (Wildman–Crippen LogP) is 3.32. The van der Waals surface area contributed by atoms with E-state index < -0.39 is 0 Å². The van der Waals surface area contributed by atoms with Crippen LogP contribution in [0.4, 0.5) is 0 Å². The molecule has 1 heterocycles. The average molecular weight is 445 g/mol. The Balaban J connectivity index is -0.000000750. The van der Waals surface area contributed by atoms with Crippen LogP contribution >= 0.6 is 0 Å². The Morgan fingerprint density at radius 3 is 2.39 bits per heavy atom. The van der Waals surface area contributed by atoms with Gasteiger partial charge in [-0.25, -0.2) is 0 Å². The number of hydrogen-bond donors (Lipinski definition) is 0. The molecule has 106 valence electrons. The first-order valence-corrected chi connectivity index (χ1v) is 5.60. The first-order valence-electron chi connectivity index (χ1n) is 5.60.